The Morgan fingerprint density at radius 1 is 1.57 bits per heavy atom. The minimum atomic E-state index is -0.392. The van der Waals surface area contributed by atoms with Crippen LogP contribution in [0.2, 0.25) is 0 Å². The molecule has 1 N–H and O–H groups in total. The van der Waals surface area contributed by atoms with Gasteiger partial charge in [-0.15, -0.1) is 11.6 Å². The summed E-state index contributed by atoms with van der Waals surface area (Å²) < 4.78 is 13.2. The number of hydrogen-bond donors (Lipinski definition) is 1. The first-order valence-electron chi connectivity index (χ1n) is 4.46. The van der Waals surface area contributed by atoms with Crippen molar-refractivity contribution in [2.24, 2.45) is 0 Å². The van der Waals surface area contributed by atoms with Gasteiger partial charge in [0.05, 0.1) is 5.38 Å². The van der Waals surface area contributed by atoms with Gasteiger partial charge in [-0.2, -0.15) is 0 Å². The predicted octanol–water partition coefficient (Wildman–Crippen LogP) is 3.04. The number of hydrogen-bond acceptors (Lipinski definition) is 2. The zero-order valence-corrected chi connectivity index (χ0v) is 9.27. The fourth-order valence-electron chi connectivity index (χ4n) is 0.882. The zero-order valence-electron chi connectivity index (χ0n) is 8.51. The van der Waals surface area contributed by atoms with Crippen molar-refractivity contribution in [2.45, 2.75) is 31.7 Å². The van der Waals surface area contributed by atoms with Crippen LogP contribution in [0.25, 0.3) is 0 Å². The van der Waals surface area contributed by atoms with Gasteiger partial charge in [0.1, 0.15) is 0 Å². The fourth-order valence-corrected chi connectivity index (χ4v) is 0.937. The van der Waals surface area contributed by atoms with Gasteiger partial charge in [0.25, 0.3) is 0 Å². The molecule has 78 valence electrons. The molecule has 0 fully saturated rings. The zero-order chi connectivity index (χ0) is 10.8. The van der Waals surface area contributed by atoms with Crippen LogP contribution in [0.1, 0.15) is 20.8 Å². The first-order valence-corrected chi connectivity index (χ1v) is 4.90. The minimum absolute atomic E-state index is 0.121. The van der Waals surface area contributed by atoms with Gasteiger partial charge in [0.2, 0.25) is 0 Å². The summed E-state index contributed by atoms with van der Waals surface area (Å²) in [4.78, 5) is 3.90. The largest absolute Gasteiger partial charge is 0.361 e. The topological polar surface area (TPSA) is 24.9 Å². The summed E-state index contributed by atoms with van der Waals surface area (Å²) in [6, 6.07) is 2.92. The lowest BCUT2D eigenvalue weighted by Gasteiger charge is -2.29. The number of anilines is 1. The standard InChI is InChI=1S/C10H14ClFN2/c1-7(11)10(2,3)14-9-8(12)5-4-6-13-9/h4-7H,1-3H3,(H,13,14). The molecule has 0 saturated heterocycles. The number of rotatable bonds is 3. The number of pyridine rings is 1. The van der Waals surface area contributed by atoms with Gasteiger partial charge in [-0.3, -0.25) is 0 Å². The van der Waals surface area contributed by atoms with E-state index in [0.29, 0.717) is 0 Å². The van der Waals surface area contributed by atoms with E-state index in [4.69, 9.17) is 11.6 Å². The third-order valence-electron chi connectivity index (χ3n) is 2.19. The summed E-state index contributed by atoms with van der Waals surface area (Å²) in [5.74, 6) is -0.122. The van der Waals surface area contributed by atoms with E-state index in [1.807, 2.05) is 20.8 Å². The molecule has 0 aromatic carbocycles. The van der Waals surface area contributed by atoms with Gasteiger partial charge in [-0.25, -0.2) is 9.37 Å². The Kier molecular flexibility index (Phi) is 3.32. The summed E-state index contributed by atoms with van der Waals surface area (Å²) >= 11 is 5.96. The molecule has 1 aromatic heterocycles. The monoisotopic (exact) mass is 216 g/mol. The normalized spacial score (nSPS) is 13.8. The van der Waals surface area contributed by atoms with Crippen LogP contribution in [0.15, 0.2) is 18.3 Å². The number of nitrogens with one attached hydrogen (secondary N) is 1. The summed E-state index contributed by atoms with van der Waals surface area (Å²) in [6.07, 6.45) is 1.54. The predicted molar refractivity (Wildman–Crippen MR) is 57.2 cm³/mol. The highest BCUT2D eigenvalue weighted by Crippen LogP contribution is 2.21. The second-order valence-electron chi connectivity index (χ2n) is 3.80. The highest BCUT2D eigenvalue weighted by atomic mass is 35.5. The fraction of sp³-hybridized carbons (Fsp3) is 0.500. The summed E-state index contributed by atoms with van der Waals surface area (Å²) in [5, 5.41) is 2.85. The molecule has 0 aliphatic carbocycles. The second-order valence-corrected chi connectivity index (χ2v) is 4.45. The van der Waals surface area contributed by atoms with E-state index in [9.17, 15) is 4.39 Å². The number of alkyl halides is 1. The maximum absolute atomic E-state index is 13.2. The summed E-state index contributed by atoms with van der Waals surface area (Å²) in [5.41, 5.74) is -0.392. The van der Waals surface area contributed by atoms with E-state index in [0.717, 1.165) is 0 Å². The Hall–Kier alpha value is -0.830. The maximum atomic E-state index is 13.2. The van der Waals surface area contributed by atoms with Crippen molar-refractivity contribution >= 4 is 17.4 Å². The van der Waals surface area contributed by atoms with E-state index in [1.54, 1.807) is 12.3 Å². The van der Waals surface area contributed by atoms with Crippen molar-refractivity contribution < 1.29 is 4.39 Å². The van der Waals surface area contributed by atoms with Gasteiger partial charge in [0, 0.05) is 11.7 Å². The van der Waals surface area contributed by atoms with Crippen molar-refractivity contribution in [3.63, 3.8) is 0 Å². The molecule has 1 aromatic rings. The molecule has 14 heavy (non-hydrogen) atoms. The van der Waals surface area contributed by atoms with Gasteiger partial charge >= 0.3 is 0 Å². The van der Waals surface area contributed by atoms with Crippen molar-refractivity contribution in [1.29, 1.82) is 0 Å². The Morgan fingerprint density at radius 2 is 2.21 bits per heavy atom. The molecule has 0 spiro atoms. The van der Waals surface area contributed by atoms with Crippen LogP contribution in [0.3, 0.4) is 0 Å². The van der Waals surface area contributed by atoms with Crippen LogP contribution in [0.5, 0.6) is 0 Å². The summed E-state index contributed by atoms with van der Waals surface area (Å²) in [6.45, 7) is 5.66. The van der Waals surface area contributed by atoms with Gasteiger partial charge in [0.15, 0.2) is 11.6 Å². The van der Waals surface area contributed by atoms with Crippen molar-refractivity contribution in [3.05, 3.63) is 24.1 Å². The van der Waals surface area contributed by atoms with E-state index >= 15 is 0 Å². The van der Waals surface area contributed by atoms with Crippen LogP contribution < -0.4 is 5.32 Å². The Balaban J connectivity index is 2.84. The Bertz CT molecular complexity index is 313. The maximum Gasteiger partial charge on any atom is 0.165 e. The molecule has 0 aliphatic rings. The van der Waals surface area contributed by atoms with Gasteiger partial charge in [-0.05, 0) is 32.9 Å². The highest BCUT2D eigenvalue weighted by Gasteiger charge is 2.25. The lowest BCUT2D eigenvalue weighted by atomic mass is 10.0. The highest BCUT2D eigenvalue weighted by molar-refractivity contribution is 6.21. The van der Waals surface area contributed by atoms with Crippen LogP contribution in [-0.2, 0) is 0 Å². The Labute approximate surface area is 88.5 Å². The molecular weight excluding hydrogens is 203 g/mol. The van der Waals surface area contributed by atoms with Gasteiger partial charge < -0.3 is 5.32 Å². The smallest absolute Gasteiger partial charge is 0.165 e. The lowest BCUT2D eigenvalue weighted by molar-refractivity contribution is 0.540. The molecule has 4 heteroatoms. The third-order valence-corrected chi connectivity index (χ3v) is 2.74. The van der Waals surface area contributed by atoms with Crippen LogP contribution in [0, 0.1) is 5.82 Å². The van der Waals surface area contributed by atoms with E-state index in [1.165, 1.54) is 6.07 Å². The molecule has 0 aliphatic heterocycles. The molecule has 1 unspecified atom stereocenters. The average molecular weight is 217 g/mol. The molecule has 2 nitrogen and oxygen atoms in total. The summed E-state index contributed by atoms with van der Waals surface area (Å²) in [7, 11) is 0. The molecule has 1 atom stereocenters. The van der Waals surface area contributed by atoms with Crippen molar-refractivity contribution in [2.75, 3.05) is 5.32 Å². The van der Waals surface area contributed by atoms with Crippen LogP contribution in [-0.4, -0.2) is 15.9 Å². The SMILES string of the molecule is CC(Cl)C(C)(C)Nc1ncccc1F. The quantitative estimate of drug-likeness (QED) is 0.786. The molecular formula is C10H14ClFN2. The van der Waals surface area contributed by atoms with Crippen molar-refractivity contribution in [3.8, 4) is 0 Å². The van der Waals surface area contributed by atoms with Gasteiger partial charge in [-0.1, -0.05) is 0 Å². The third kappa shape index (κ3) is 2.58. The number of aromatic nitrogens is 1. The van der Waals surface area contributed by atoms with E-state index in [2.05, 4.69) is 10.3 Å². The molecule has 1 heterocycles. The molecule has 1 rings (SSSR count). The van der Waals surface area contributed by atoms with Crippen molar-refractivity contribution in [1.82, 2.24) is 4.98 Å². The van der Waals surface area contributed by atoms with E-state index < -0.39 is 5.54 Å². The second kappa shape index (κ2) is 4.13. The first kappa shape index (κ1) is 11.2. The van der Waals surface area contributed by atoms with Crippen LogP contribution in [0.4, 0.5) is 10.2 Å². The average Bonchev–Trinajstić information content (AvgIpc) is 2.08. The molecule has 0 amide bonds. The molecule has 0 saturated carbocycles. The minimum Gasteiger partial charge on any atom is -0.361 e. The molecule has 0 radical (unpaired) electrons. The number of halogens is 2. The lowest BCUT2D eigenvalue weighted by Crippen LogP contribution is -2.39. The van der Waals surface area contributed by atoms with Crippen LogP contribution >= 0.6 is 11.6 Å². The number of nitrogens with zero attached hydrogens (tertiary/aromatic N) is 1. The molecule has 0 bridgehead atoms. The first-order chi connectivity index (χ1) is 6.43. The Morgan fingerprint density at radius 3 is 2.71 bits per heavy atom. The van der Waals surface area contributed by atoms with E-state index in [-0.39, 0.29) is 17.0 Å².